The van der Waals surface area contributed by atoms with Crippen LogP contribution in [0.5, 0.6) is 0 Å². The topological polar surface area (TPSA) is 148 Å². The van der Waals surface area contributed by atoms with Crippen LogP contribution in [0, 0.1) is 0 Å². The maximum absolute atomic E-state index is 12.3. The number of methoxy groups -OCH3 is 1. The maximum atomic E-state index is 12.3. The molecule has 0 fully saturated rings. The summed E-state index contributed by atoms with van der Waals surface area (Å²) in [6, 6.07) is 16.5. The van der Waals surface area contributed by atoms with Crippen LogP contribution < -0.4 is 5.32 Å². The normalized spacial score (nSPS) is 12.1. The van der Waals surface area contributed by atoms with Crippen molar-refractivity contribution in [2.75, 3.05) is 139 Å². The Kier molecular flexibility index (Phi) is 23.5. The zero-order valence-corrected chi connectivity index (χ0v) is 29.9. The molecule has 0 saturated carbocycles. The number of carbonyl (C=O) groups excluding carboxylic acids is 2. The van der Waals surface area contributed by atoms with Crippen LogP contribution >= 0.6 is 0 Å². The Morgan fingerprint density at radius 2 is 0.902 bits per heavy atom. The molecule has 1 aliphatic carbocycles. The second-order valence-electron chi connectivity index (χ2n) is 11.1. The molecule has 0 bridgehead atoms. The van der Waals surface area contributed by atoms with Gasteiger partial charge in [0.05, 0.1) is 113 Å². The highest BCUT2D eigenvalue weighted by Crippen LogP contribution is 2.44. The lowest BCUT2D eigenvalue weighted by atomic mass is 9.98. The fourth-order valence-corrected chi connectivity index (χ4v) is 4.99. The van der Waals surface area contributed by atoms with E-state index in [2.05, 4.69) is 34.3 Å². The van der Waals surface area contributed by atoms with Crippen LogP contribution in [0.25, 0.3) is 11.1 Å². The Bertz CT molecular complexity index is 1160. The molecule has 1 aliphatic rings. The van der Waals surface area contributed by atoms with Crippen LogP contribution in [-0.4, -0.2) is 151 Å². The number of esters is 1. The highest BCUT2D eigenvalue weighted by molar-refractivity contribution is 5.79. The van der Waals surface area contributed by atoms with Crippen molar-refractivity contribution in [3.63, 3.8) is 0 Å². The molecule has 286 valence electrons. The van der Waals surface area contributed by atoms with E-state index in [1.54, 1.807) is 0 Å². The van der Waals surface area contributed by atoms with Gasteiger partial charge in [-0.2, -0.15) is 0 Å². The predicted octanol–water partition coefficient (Wildman–Crippen LogP) is 3.24. The summed E-state index contributed by atoms with van der Waals surface area (Å²) in [6.45, 7) is 8.55. The molecule has 0 aromatic heterocycles. The molecule has 2 aromatic carbocycles. The molecular formula is C37H55NO13. The first-order valence-corrected chi connectivity index (χ1v) is 17.6. The average molecular weight is 722 g/mol. The summed E-state index contributed by atoms with van der Waals surface area (Å²) < 4.78 is 58.8. The molecule has 51 heavy (non-hydrogen) atoms. The number of alkyl carbamates (subject to hydrolysis) is 1. The van der Waals surface area contributed by atoms with Crippen LogP contribution in [0.3, 0.4) is 0 Å². The van der Waals surface area contributed by atoms with Gasteiger partial charge < -0.3 is 57.4 Å². The number of rotatable bonds is 32. The van der Waals surface area contributed by atoms with E-state index in [0.717, 1.165) is 0 Å². The summed E-state index contributed by atoms with van der Waals surface area (Å²) in [4.78, 5) is 23.1. The summed E-state index contributed by atoms with van der Waals surface area (Å²) in [7, 11) is 1.31. The number of fused-ring (bicyclic) bond motifs is 3. The molecule has 1 amide bonds. The van der Waals surface area contributed by atoms with Crippen molar-refractivity contribution in [1.82, 2.24) is 5.32 Å². The second-order valence-corrected chi connectivity index (χ2v) is 11.1. The van der Waals surface area contributed by atoms with Gasteiger partial charge in [0.1, 0.15) is 13.2 Å². The summed E-state index contributed by atoms with van der Waals surface area (Å²) in [5.41, 5.74) is 4.80. The summed E-state index contributed by atoms with van der Waals surface area (Å²) in [6.07, 6.45) is 0.262. The predicted molar refractivity (Wildman–Crippen MR) is 187 cm³/mol. The number of nitrogens with one attached hydrogen (secondary N) is 1. The zero-order valence-electron chi connectivity index (χ0n) is 29.9. The van der Waals surface area contributed by atoms with E-state index in [1.807, 2.05) is 24.3 Å². The molecule has 0 spiro atoms. The molecule has 0 saturated heterocycles. The van der Waals surface area contributed by atoms with Gasteiger partial charge in [-0.1, -0.05) is 48.5 Å². The molecule has 3 rings (SSSR count). The van der Waals surface area contributed by atoms with Crippen LogP contribution in [0.15, 0.2) is 48.5 Å². The van der Waals surface area contributed by atoms with Gasteiger partial charge in [0.2, 0.25) is 0 Å². The van der Waals surface area contributed by atoms with Crippen molar-refractivity contribution in [2.45, 2.75) is 12.3 Å². The van der Waals surface area contributed by atoms with Crippen molar-refractivity contribution < 1.29 is 61.7 Å². The molecule has 0 unspecified atom stereocenters. The zero-order chi connectivity index (χ0) is 36.0. The molecular weight excluding hydrogens is 666 g/mol. The molecule has 0 atom stereocenters. The monoisotopic (exact) mass is 721 g/mol. The fraction of sp³-hybridized carbons (Fsp3) is 0.622. The molecule has 14 heteroatoms. The minimum Gasteiger partial charge on any atom is -0.467 e. The number of hydrogen-bond acceptors (Lipinski definition) is 13. The summed E-state index contributed by atoms with van der Waals surface area (Å²) in [5.74, 6) is -0.364. The molecule has 0 heterocycles. The van der Waals surface area contributed by atoms with E-state index >= 15 is 0 Å². The minimum atomic E-state index is -0.419. The number of hydrogen-bond donors (Lipinski definition) is 1. The van der Waals surface area contributed by atoms with Gasteiger partial charge in [-0.15, -0.1) is 0 Å². The van der Waals surface area contributed by atoms with Gasteiger partial charge in [0, 0.05) is 19.1 Å². The van der Waals surface area contributed by atoms with Gasteiger partial charge in [-0.3, -0.25) is 0 Å². The average Bonchev–Trinajstić information content (AvgIpc) is 3.48. The van der Waals surface area contributed by atoms with Crippen molar-refractivity contribution in [1.29, 1.82) is 0 Å². The van der Waals surface area contributed by atoms with Crippen molar-refractivity contribution >= 4 is 12.1 Å². The van der Waals surface area contributed by atoms with Crippen molar-refractivity contribution in [2.24, 2.45) is 0 Å². The standard InChI is InChI=1S/C37H55NO13/c1-41-36(39)30-50-28-27-49-26-25-48-24-23-47-22-21-46-20-19-45-18-17-44-16-15-43-14-13-42-12-6-11-38-37(40)51-29-35-33-9-4-2-7-31(33)32-8-3-5-10-34(32)35/h2-5,7-10,35H,6,11-30H2,1H3,(H,38,40). The van der Waals surface area contributed by atoms with E-state index in [0.29, 0.717) is 132 Å². The number of amides is 1. The molecule has 0 aliphatic heterocycles. The van der Waals surface area contributed by atoms with Crippen molar-refractivity contribution in [3.05, 3.63) is 59.7 Å². The maximum Gasteiger partial charge on any atom is 0.407 e. The Hall–Kier alpha value is -3.18. The Morgan fingerprint density at radius 3 is 1.31 bits per heavy atom. The molecule has 0 radical (unpaired) electrons. The number of ether oxygens (including phenoxy) is 11. The Balaban J connectivity index is 0.969. The van der Waals surface area contributed by atoms with E-state index in [9.17, 15) is 9.59 Å². The first kappa shape index (κ1) is 42.2. The van der Waals surface area contributed by atoms with Crippen LogP contribution in [0.1, 0.15) is 23.5 Å². The number of carbonyl (C=O) groups is 2. The number of benzene rings is 2. The lowest BCUT2D eigenvalue weighted by Gasteiger charge is -2.14. The van der Waals surface area contributed by atoms with Gasteiger partial charge in [-0.25, -0.2) is 9.59 Å². The van der Waals surface area contributed by atoms with Crippen LogP contribution in [0.4, 0.5) is 4.79 Å². The van der Waals surface area contributed by atoms with Gasteiger partial charge in [0.25, 0.3) is 0 Å². The molecule has 14 nitrogen and oxygen atoms in total. The lowest BCUT2D eigenvalue weighted by molar-refractivity contribution is -0.146. The third-order valence-electron chi connectivity index (χ3n) is 7.50. The van der Waals surface area contributed by atoms with E-state index in [1.165, 1.54) is 29.4 Å². The van der Waals surface area contributed by atoms with E-state index < -0.39 is 12.1 Å². The first-order valence-electron chi connectivity index (χ1n) is 17.6. The van der Waals surface area contributed by atoms with E-state index in [-0.39, 0.29) is 12.5 Å². The third kappa shape index (κ3) is 18.8. The second kappa shape index (κ2) is 28.4. The van der Waals surface area contributed by atoms with Crippen molar-refractivity contribution in [3.8, 4) is 11.1 Å². The highest BCUT2D eigenvalue weighted by atomic mass is 16.6. The quantitative estimate of drug-likeness (QED) is 0.0872. The largest absolute Gasteiger partial charge is 0.467 e. The molecule has 2 aromatic rings. The Labute approximate surface area is 301 Å². The molecule has 1 N–H and O–H groups in total. The summed E-state index contributed by atoms with van der Waals surface area (Å²) >= 11 is 0. The fourth-order valence-electron chi connectivity index (χ4n) is 4.99. The van der Waals surface area contributed by atoms with Crippen LogP contribution in [0.2, 0.25) is 0 Å². The van der Waals surface area contributed by atoms with E-state index in [4.69, 9.17) is 47.4 Å². The van der Waals surface area contributed by atoms with Gasteiger partial charge in [0.15, 0.2) is 0 Å². The Morgan fingerprint density at radius 1 is 0.529 bits per heavy atom. The van der Waals surface area contributed by atoms with Gasteiger partial charge >= 0.3 is 12.1 Å². The highest BCUT2D eigenvalue weighted by Gasteiger charge is 2.28. The minimum absolute atomic E-state index is 0.0472. The first-order chi connectivity index (χ1) is 25.2. The van der Waals surface area contributed by atoms with Crippen LogP contribution in [-0.2, 0) is 56.9 Å². The SMILES string of the molecule is COC(=O)COCCOCCOCCOCCOCCOCCOCCOCCOCCCNC(=O)OCC1c2ccccc2-c2ccccc21. The summed E-state index contributed by atoms with van der Waals surface area (Å²) in [5, 5.41) is 2.80. The third-order valence-corrected chi connectivity index (χ3v) is 7.50. The smallest absolute Gasteiger partial charge is 0.407 e. The lowest BCUT2D eigenvalue weighted by Crippen LogP contribution is -2.27. The van der Waals surface area contributed by atoms with Gasteiger partial charge in [-0.05, 0) is 28.7 Å².